The molecule has 0 saturated heterocycles. The van der Waals surface area contributed by atoms with Crippen molar-refractivity contribution in [2.24, 2.45) is 0 Å². The van der Waals surface area contributed by atoms with Crippen LogP contribution in [0.3, 0.4) is 0 Å². The van der Waals surface area contributed by atoms with Crippen molar-refractivity contribution in [3.63, 3.8) is 0 Å². The molecule has 1 aromatic heterocycles. The first kappa shape index (κ1) is 15.1. The third-order valence-electron chi connectivity index (χ3n) is 3.15. The third kappa shape index (κ3) is 3.44. The minimum Gasteiger partial charge on any atom is -0.496 e. The van der Waals surface area contributed by atoms with E-state index in [0.29, 0.717) is 0 Å². The molecule has 3 nitrogen and oxygen atoms in total. The molecule has 0 amide bonds. The molecule has 0 spiro atoms. The monoisotopic (exact) mass is 337 g/mol. The number of hydrogen-bond donors (Lipinski definition) is 1. The molecule has 2 aromatic rings. The van der Waals surface area contributed by atoms with E-state index in [0.717, 1.165) is 40.3 Å². The summed E-state index contributed by atoms with van der Waals surface area (Å²) in [4.78, 5) is 0. The third-order valence-corrected chi connectivity index (χ3v) is 3.77. The fourth-order valence-electron chi connectivity index (χ4n) is 2.14. The average Bonchev–Trinajstić information content (AvgIpc) is 2.86. The summed E-state index contributed by atoms with van der Waals surface area (Å²) in [5.41, 5.74) is 1.15. The highest BCUT2D eigenvalue weighted by Crippen LogP contribution is 2.31. The topological polar surface area (TPSA) is 34.4 Å². The van der Waals surface area contributed by atoms with Gasteiger partial charge in [-0.25, -0.2) is 0 Å². The summed E-state index contributed by atoms with van der Waals surface area (Å²) in [5, 5.41) is 3.52. The zero-order valence-corrected chi connectivity index (χ0v) is 13.7. The Balaban J connectivity index is 2.33. The van der Waals surface area contributed by atoms with Crippen molar-refractivity contribution in [2.75, 3.05) is 13.7 Å². The van der Waals surface area contributed by atoms with Crippen molar-refractivity contribution < 1.29 is 9.15 Å². The van der Waals surface area contributed by atoms with Crippen molar-refractivity contribution in [2.45, 2.75) is 26.3 Å². The van der Waals surface area contributed by atoms with Crippen LogP contribution in [0.5, 0.6) is 5.75 Å². The summed E-state index contributed by atoms with van der Waals surface area (Å²) >= 11 is 3.54. The van der Waals surface area contributed by atoms with Gasteiger partial charge in [0.25, 0.3) is 0 Å². The van der Waals surface area contributed by atoms with Gasteiger partial charge >= 0.3 is 0 Å². The lowest BCUT2D eigenvalue weighted by Gasteiger charge is -2.18. The van der Waals surface area contributed by atoms with Gasteiger partial charge in [-0.1, -0.05) is 13.0 Å². The van der Waals surface area contributed by atoms with Crippen molar-refractivity contribution in [3.8, 4) is 5.75 Å². The maximum atomic E-state index is 5.78. The van der Waals surface area contributed by atoms with Crippen molar-refractivity contribution >= 4 is 15.9 Å². The van der Waals surface area contributed by atoms with E-state index in [1.54, 1.807) is 7.11 Å². The highest BCUT2D eigenvalue weighted by molar-refractivity contribution is 9.10. The lowest BCUT2D eigenvalue weighted by molar-refractivity contribution is 0.410. The van der Waals surface area contributed by atoms with Crippen molar-refractivity contribution in [3.05, 3.63) is 51.9 Å². The molecule has 4 heteroatoms. The zero-order valence-electron chi connectivity index (χ0n) is 12.1. The second kappa shape index (κ2) is 6.95. The fourth-order valence-corrected chi connectivity index (χ4v) is 2.70. The standard InChI is InChI=1S/C16H20BrNO2/c1-4-9-18-16(15-7-5-11(2)20-15)12-6-8-14(19-3)13(17)10-12/h5-8,10,16,18H,4,9H2,1-3H3. The molecule has 0 bridgehead atoms. The largest absolute Gasteiger partial charge is 0.496 e. The van der Waals surface area contributed by atoms with Gasteiger partial charge in [0.05, 0.1) is 17.6 Å². The molecule has 0 aliphatic heterocycles. The molecule has 1 heterocycles. The molecule has 1 unspecified atom stereocenters. The van der Waals surface area contributed by atoms with E-state index in [9.17, 15) is 0 Å². The first-order chi connectivity index (χ1) is 9.65. The van der Waals surface area contributed by atoms with E-state index in [-0.39, 0.29) is 6.04 Å². The number of furan rings is 1. The lowest BCUT2D eigenvalue weighted by Crippen LogP contribution is -2.22. The van der Waals surface area contributed by atoms with Crippen molar-refractivity contribution in [1.82, 2.24) is 5.32 Å². The van der Waals surface area contributed by atoms with Crippen LogP contribution in [0.1, 0.15) is 36.5 Å². The van der Waals surface area contributed by atoms with Crippen LogP contribution in [-0.4, -0.2) is 13.7 Å². The summed E-state index contributed by atoms with van der Waals surface area (Å²) in [6.07, 6.45) is 1.08. The maximum Gasteiger partial charge on any atom is 0.133 e. The van der Waals surface area contributed by atoms with Crippen LogP contribution >= 0.6 is 15.9 Å². The van der Waals surface area contributed by atoms with Crippen molar-refractivity contribution in [1.29, 1.82) is 0 Å². The average molecular weight is 338 g/mol. The van der Waals surface area contributed by atoms with Crippen LogP contribution in [0.2, 0.25) is 0 Å². The molecule has 1 aromatic carbocycles. The molecule has 0 aliphatic carbocycles. The number of nitrogens with one attached hydrogen (secondary N) is 1. The molecule has 1 N–H and O–H groups in total. The van der Waals surface area contributed by atoms with Gasteiger partial charge in [-0.05, 0) is 65.6 Å². The molecule has 1 atom stereocenters. The Labute approximate surface area is 128 Å². The number of halogens is 1. The van der Waals surface area contributed by atoms with E-state index < -0.39 is 0 Å². The predicted octanol–water partition coefficient (Wildman–Crippen LogP) is 4.45. The van der Waals surface area contributed by atoms with Gasteiger partial charge in [0.2, 0.25) is 0 Å². The minimum atomic E-state index is 0.0610. The molecule has 0 saturated carbocycles. The van der Waals surface area contributed by atoms with Gasteiger partial charge < -0.3 is 14.5 Å². The molecular weight excluding hydrogens is 318 g/mol. The summed E-state index contributed by atoms with van der Waals surface area (Å²) in [5.74, 6) is 2.70. The SMILES string of the molecule is CCCNC(c1ccc(OC)c(Br)c1)c1ccc(C)o1. The van der Waals surface area contributed by atoms with Crippen LogP contribution in [0.25, 0.3) is 0 Å². The minimum absolute atomic E-state index is 0.0610. The van der Waals surface area contributed by atoms with Crippen LogP contribution < -0.4 is 10.1 Å². The molecule has 2 rings (SSSR count). The number of benzene rings is 1. The highest BCUT2D eigenvalue weighted by Gasteiger charge is 2.18. The summed E-state index contributed by atoms with van der Waals surface area (Å²) < 4.78 is 12.0. The fraction of sp³-hybridized carbons (Fsp3) is 0.375. The van der Waals surface area contributed by atoms with Crippen LogP contribution in [0, 0.1) is 6.92 Å². The number of aryl methyl sites for hydroxylation is 1. The van der Waals surface area contributed by atoms with Gasteiger partial charge in [0.1, 0.15) is 17.3 Å². The van der Waals surface area contributed by atoms with Gasteiger partial charge in [-0.2, -0.15) is 0 Å². The second-order valence-electron chi connectivity index (χ2n) is 4.73. The quantitative estimate of drug-likeness (QED) is 0.845. The Morgan fingerprint density at radius 1 is 1.30 bits per heavy atom. The number of rotatable bonds is 6. The smallest absolute Gasteiger partial charge is 0.133 e. The lowest BCUT2D eigenvalue weighted by atomic mass is 10.0. The van der Waals surface area contributed by atoms with E-state index in [4.69, 9.17) is 9.15 Å². The van der Waals surface area contributed by atoms with Gasteiger partial charge in [-0.3, -0.25) is 0 Å². The Morgan fingerprint density at radius 2 is 2.10 bits per heavy atom. The van der Waals surface area contributed by atoms with E-state index >= 15 is 0 Å². The summed E-state index contributed by atoms with van der Waals surface area (Å²) in [7, 11) is 1.67. The Bertz CT molecular complexity index is 565. The summed E-state index contributed by atoms with van der Waals surface area (Å²) in [6.45, 7) is 5.06. The number of ether oxygens (including phenoxy) is 1. The molecule has 20 heavy (non-hydrogen) atoms. The summed E-state index contributed by atoms with van der Waals surface area (Å²) in [6, 6.07) is 10.2. The first-order valence-corrected chi connectivity index (χ1v) is 7.58. The van der Waals surface area contributed by atoms with Crippen LogP contribution in [0.4, 0.5) is 0 Å². The van der Waals surface area contributed by atoms with E-state index in [2.05, 4.69) is 40.3 Å². The molecule has 0 aliphatic rings. The first-order valence-electron chi connectivity index (χ1n) is 6.79. The van der Waals surface area contributed by atoms with Gasteiger partial charge in [-0.15, -0.1) is 0 Å². The zero-order chi connectivity index (χ0) is 14.5. The number of hydrogen-bond acceptors (Lipinski definition) is 3. The molecule has 0 fully saturated rings. The molecule has 108 valence electrons. The Morgan fingerprint density at radius 3 is 2.65 bits per heavy atom. The van der Waals surface area contributed by atoms with E-state index in [1.807, 2.05) is 25.1 Å². The van der Waals surface area contributed by atoms with Gasteiger partial charge in [0, 0.05) is 0 Å². The second-order valence-corrected chi connectivity index (χ2v) is 5.58. The van der Waals surface area contributed by atoms with E-state index in [1.165, 1.54) is 0 Å². The normalized spacial score (nSPS) is 12.4. The van der Waals surface area contributed by atoms with Gasteiger partial charge in [0.15, 0.2) is 0 Å². The Hall–Kier alpha value is -1.26. The number of methoxy groups -OCH3 is 1. The molecule has 0 radical (unpaired) electrons. The highest BCUT2D eigenvalue weighted by atomic mass is 79.9. The van der Waals surface area contributed by atoms with Crippen LogP contribution in [-0.2, 0) is 0 Å². The molecular formula is C16H20BrNO2. The Kier molecular flexibility index (Phi) is 5.26. The van der Waals surface area contributed by atoms with Crippen LogP contribution in [0.15, 0.2) is 39.2 Å². The maximum absolute atomic E-state index is 5.78. The predicted molar refractivity (Wildman–Crippen MR) is 84.3 cm³/mol.